The normalized spacial score (nSPS) is 10.2. The molecule has 29 heavy (non-hydrogen) atoms. The first kappa shape index (κ1) is 20.3. The average molecular weight is 453 g/mol. The summed E-state index contributed by atoms with van der Waals surface area (Å²) in [4.78, 5) is 36.1. The fraction of sp³-hybridized carbons (Fsp3) is 0.0455. The molecule has 0 aromatic heterocycles. The van der Waals surface area contributed by atoms with Gasteiger partial charge in [-0.2, -0.15) is 0 Å². The minimum absolute atomic E-state index is 0.0828. The molecule has 0 atom stereocenters. The van der Waals surface area contributed by atoms with E-state index in [1.165, 1.54) is 12.1 Å². The molecule has 0 bridgehead atoms. The van der Waals surface area contributed by atoms with E-state index in [0.717, 1.165) is 4.47 Å². The first-order valence-corrected chi connectivity index (χ1v) is 9.50. The minimum Gasteiger partial charge on any atom is -0.478 e. The SMILES string of the molecule is O=C(CNc1ccc(Br)cc1C(=O)c1ccccc1)Nc1cccc(C(=O)O)c1. The summed E-state index contributed by atoms with van der Waals surface area (Å²) in [5.74, 6) is -1.60. The molecule has 0 saturated heterocycles. The molecule has 3 aromatic carbocycles. The predicted octanol–water partition coefficient (Wildman–Crippen LogP) is 4.43. The second-order valence-electron chi connectivity index (χ2n) is 6.17. The van der Waals surface area contributed by atoms with Gasteiger partial charge >= 0.3 is 5.97 Å². The van der Waals surface area contributed by atoms with Crippen LogP contribution in [0, 0.1) is 0 Å². The highest BCUT2D eigenvalue weighted by molar-refractivity contribution is 9.10. The average Bonchev–Trinajstić information content (AvgIpc) is 2.73. The summed E-state index contributed by atoms with van der Waals surface area (Å²) in [6.07, 6.45) is 0. The summed E-state index contributed by atoms with van der Waals surface area (Å²) in [6, 6.07) is 20.1. The summed E-state index contributed by atoms with van der Waals surface area (Å²) in [5.41, 5.74) is 1.97. The fourth-order valence-electron chi connectivity index (χ4n) is 2.71. The van der Waals surface area contributed by atoms with Gasteiger partial charge in [0.2, 0.25) is 5.91 Å². The standard InChI is InChI=1S/C22H17BrN2O4/c23-16-9-10-19(18(12-16)21(27)14-5-2-1-3-6-14)24-13-20(26)25-17-8-4-7-15(11-17)22(28)29/h1-12,24H,13H2,(H,25,26)(H,28,29). The lowest BCUT2D eigenvalue weighted by atomic mass is 10.0. The number of ketones is 1. The molecular weight excluding hydrogens is 436 g/mol. The number of carbonyl (C=O) groups excluding carboxylic acids is 2. The Balaban J connectivity index is 1.72. The van der Waals surface area contributed by atoms with Crippen molar-refractivity contribution in [3.05, 3.63) is 94.0 Å². The number of hydrogen-bond acceptors (Lipinski definition) is 4. The molecule has 6 nitrogen and oxygen atoms in total. The Bertz CT molecular complexity index is 1070. The molecule has 3 aromatic rings. The van der Waals surface area contributed by atoms with E-state index in [2.05, 4.69) is 26.6 Å². The van der Waals surface area contributed by atoms with Crippen molar-refractivity contribution in [3.8, 4) is 0 Å². The number of carboxylic acid groups (broad SMARTS) is 1. The molecular formula is C22H17BrN2O4. The Morgan fingerprint density at radius 3 is 2.31 bits per heavy atom. The van der Waals surface area contributed by atoms with Crippen molar-refractivity contribution in [1.82, 2.24) is 0 Å². The van der Waals surface area contributed by atoms with Crippen molar-refractivity contribution in [2.75, 3.05) is 17.2 Å². The zero-order chi connectivity index (χ0) is 20.8. The first-order valence-electron chi connectivity index (χ1n) is 8.70. The van der Waals surface area contributed by atoms with Gasteiger partial charge in [-0.25, -0.2) is 4.79 Å². The van der Waals surface area contributed by atoms with Crippen LogP contribution >= 0.6 is 15.9 Å². The summed E-state index contributed by atoms with van der Waals surface area (Å²) in [6.45, 7) is -0.0893. The number of nitrogens with one attached hydrogen (secondary N) is 2. The van der Waals surface area contributed by atoms with Crippen molar-refractivity contribution >= 4 is 45.0 Å². The monoisotopic (exact) mass is 452 g/mol. The maximum Gasteiger partial charge on any atom is 0.335 e. The van der Waals surface area contributed by atoms with Crippen LogP contribution in [-0.4, -0.2) is 29.3 Å². The third-order valence-electron chi connectivity index (χ3n) is 4.09. The lowest BCUT2D eigenvalue weighted by Gasteiger charge is -2.12. The van der Waals surface area contributed by atoms with Crippen LogP contribution in [0.3, 0.4) is 0 Å². The number of carbonyl (C=O) groups is 3. The van der Waals surface area contributed by atoms with E-state index >= 15 is 0 Å². The molecule has 7 heteroatoms. The highest BCUT2D eigenvalue weighted by Crippen LogP contribution is 2.24. The quantitative estimate of drug-likeness (QED) is 0.460. The van der Waals surface area contributed by atoms with E-state index < -0.39 is 5.97 Å². The third-order valence-corrected chi connectivity index (χ3v) is 4.59. The number of carboxylic acids is 1. The largest absolute Gasteiger partial charge is 0.478 e. The second kappa shape index (κ2) is 9.16. The third kappa shape index (κ3) is 5.30. The van der Waals surface area contributed by atoms with E-state index in [0.29, 0.717) is 22.5 Å². The molecule has 0 heterocycles. The summed E-state index contributed by atoms with van der Waals surface area (Å²) in [7, 11) is 0. The molecule has 0 radical (unpaired) electrons. The number of anilines is 2. The first-order chi connectivity index (χ1) is 13.9. The molecule has 3 rings (SSSR count). The van der Waals surface area contributed by atoms with E-state index in [9.17, 15) is 14.4 Å². The van der Waals surface area contributed by atoms with Crippen molar-refractivity contribution in [3.63, 3.8) is 0 Å². The minimum atomic E-state index is -1.07. The van der Waals surface area contributed by atoms with Crippen molar-refractivity contribution in [2.24, 2.45) is 0 Å². The number of hydrogen-bond donors (Lipinski definition) is 3. The van der Waals surface area contributed by atoms with E-state index in [4.69, 9.17) is 5.11 Å². The van der Waals surface area contributed by atoms with E-state index in [1.807, 2.05) is 6.07 Å². The van der Waals surface area contributed by atoms with Gasteiger partial charge in [-0.3, -0.25) is 9.59 Å². The van der Waals surface area contributed by atoms with Gasteiger partial charge in [-0.1, -0.05) is 52.3 Å². The Hall–Kier alpha value is -3.45. The molecule has 0 saturated carbocycles. The number of rotatable bonds is 7. The second-order valence-corrected chi connectivity index (χ2v) is 7.09. The van der Waals surface area contributed by atoms with Gasteiger partial charge in [0.25, 0.3) is 0 Å². The van der Waals surface area contributed by atoms with Gasteiger partial charge in [0.05, 0.1) is 12.1 Å². The Kier molecular flexibility index (Phi) is 6.41. The van der Waals surface area contributed by atoms with Crippen LogP contribution in [0.1, 0.15) is 26.3 Å². The summed E-state index contributed by atoms with van der Waals surface area (Å²) in [5, 5.41) is 14.7. The summed E-state index contributed by atoms with van der Waals surface area (Å²) >= 11 is 3.37. The maximum absolute atomic E-state index is 12.8. The van der Waals surface area contributed by atoms with E-state index in [1.54, 1.807) is 54.6 Å². The zero-order valence-electron chi connectivity index (χ0n) is 15.2. The van der Waals surface area contributed by atoms with Crippen LogP contribution in [0.25, 0.3) is 0 Å². The number of amides is 1. The lowest BCUT2D eigenvalue weighted by molar-refractivity contribution is -0.114. The van der Waals surface area contributed by atoms with Gasteiger partial charge in [-0.05, 0) is 36.4 Å². The summed E-state index contributed by atoms with van der Waals surface area (Å²) < 4.78 is 0.747. The molecule has 0 aliphatic rings. The van der Waals surface area contributed by atoms with Crippen LogP contribution in [0.15, 0.2) is 77.3 Å². The van der Waals surface area contributed by atoms with Gasteiger partial charge < -0.3 is 15.7 Å². The molecule has 146 valence electrons. The molecule has 0 spiro atoms. The highest BCUT2D eigenvalue weighted by atomic mass is 79.9. The van der Waals surface area contributed by atoms with Gasteiger partial charge in [0, 0.05) is 27.0 Å². The van der Waals surface area contributed by atoms with Gasteiger partial charge in [0.1, 0.15) is 0 Å². The number of halogens is 1. The highest BCUT2D eigenvalue weighted by Gasteiger charge is 2.15. The molecule has 1 amide bonds. The van der Waals surface area contributed by atoms with Crippen LogP contribution < -0.4 is 10.6 Å². The topological polar surface area (TPSA) is 95.5 Å². The molecule has 3 N–H and O–H groups in total. The Labute approximate surface area is 175 Å². The molecule has 0 unspecified atom stereocenters. The predicted molar refractivity (Wildman–Crippen MR) is 115 cm³/mol. The Morgan fingerprint density at radius 1 is 0.862 bits per heavy atom. The lowest BCUT2D eigenvalue weighted by Crippen LogP contribution is -2.22. The fourth-order valence-corrected chi connectivity index (χ4v) is 3.08. The van der Waals surface area contributed by atoms with Crippen molar-refractivity contribution < 1.29 is 19.5 Å². The van der Waals surface area contributed by atoms with Crippen molar-refractivity contribution in [2.45, 2.75) is 0 Å². The van der Waals surface area contributed by atoms with Crippen LogP contribution in [0.5, 0.6) is 0 Å². The Morgan fingerprint density at radius 2 is 1.59 bits per heavy atom. The van der Waals surface area contributed by atoms with Crippen LogP contribution in [-0.2, 0) is 4.79 Å². The van der Waals surface area contributed by atoms with E-state index in [-0.39, 0.29) is 23.8 Å². The number of benzene rings is 3. The van der Waals surface area contributed by atoms with Crippen LogP contribution in [0.2, 0.25) is 0 Å². The van der Waals surface area contributed by atoms with Crippen LogP contribution in [0.4, 0.5) is 11.4 Å². The molecule has 0 aliphatic heterocycles. The number of aromatic carboxylic acids is 1. The van der Waals surface area contributed by atoms with Gasteiger partial charge in [-0.15, -0.1) is 0 Å². The smallest absolute Gasteiger partial charge is 0.335 e. The zero-order valence-corrected chi connectivity index (χ0v) is 16.8. The van der Waals surface area contributed by atoms with Crippen molar-refractivity contribution in [1.29, 1.82) is 0 Å². The molecule has 0 fully saturated rings. The van der Waals surface area contributed by atoms with Gasteiger partial charge in [0.15, 0.2) is 5.78 Å². The maximum atomic E-state index is 12.8. The molecule has 0 aliphatic carbocycles.